The van der Waals surface area contributed by atoms with Crippen LogP contribution in [0.1, 0.15) is 11.1 Å². The maximum absolute atomic E-state index is 14.5. The molecule has 3 aromatic carbocycles. The second-order valence-corrected chi connectivity index (χ2v) is 9.73. The van der Waals surface area contributed by atoms with E-state index in [-0.39, 0.29) is 10.6 Å². The number of nitrogens with zero attached hydrogens (tertiary/aromatic N) is 2. The molecular formula is C23H21BrFN3O4S. The Bertz CT molecular complexity index is 1280. The number of methoxy groups -OCH3 is 1. The molecule has 0 aromatic heterocycles. The predicted molar refractivity (Wildman–Crippen MR) is 129 cm³/mol. The third kappa shape index (κ3) is 5.96. The number of nitrogens with one attached hydrogen (secondary N) is 1. The number of sulfonamides is 1. The monoisotopic (exact) mass is 533 g/mol. The third-order valence-corrected chi connectivity index (χ3v) is 6.87. The summed E-state index contributed by atoms with van der Waals surface area (Å²) in [6, 6.07) is 16.7. The molecule has 3 rings (SSSR count). The zero-order valence-electron chi connectivity index (χ0n) is 17.8. The lowest BCUT2D eigenvalue weighted by atomic mass is 10.2. The van der Waals surface area contributed by atoms with Crippen LogP contribution in [0.2, 0.25) is 0 Å². The molecule has 0 fully saturated rings. The molecule has 0 heterocycles. The van der Waals surface area contributed by atoms with Crippen molar-refractivity contribution < 1.29 is 22.3 Å². The first-order chi connectivity index (χ1) is 15.7. The van der Waals surface area contributed by atoms with Crippen LogP contribution in [0.4, 0.5) is 10.1 Å². The zero-order valence-corrected chi connectivity index (χ0v) is 20.2. The average molecular weight is 534 g/mol. The first-order valence-corrected chi connectivity index (χ1v) is 11.9. The van der Waals surface area contributed by atoms with Crippen molar-refractivity contribution in [1.29, 1.82) is 0 Å². The summed E-state index contributed by atoms with van der Waals surface area (Å²) in [7, 11) is -2.73. The van der Waals surface area contributed by atoms with Gasteiger partial charge in [-0.25, -0.2) is 18.2 Å². The van der Waals surface area contributed by atoms with Gasteiger partial charge in [-0.05, 0) is 49.4 Å². The summed E-state index contributed by atoms with van der Waals surface area (Å²) in [5.74, 6) is -0.992. The highest BCUT2D eigenvalue weighted by Crippen LogP contribution is 2.26. The highest BCUT2D eigenvalue weighted by atomic mass is 79.9. The molecule has 0 bridgehead atoms. The minimum Gasteiger partial charge on any atom is -0.496 e. The van der Waals surface area contributed by atoms with E-state index < -0.39 is 28.3 Å². The van der Waals surface area contributed by atoms with Gasteiger partial charge in [-0.1, -0.05) is 45.8 Å². The number of hydrazone groups is 1. The van der Waals surface area contributed by atoms with Gasteiger partial charge in [-0.3, -0.25) is 9.10 Å². The lowest BCUT2D eigenvalue weighted by Gasteiger charge is -2.24. The van der Waals surface area contributed by atoms with Crippen LogP contribution in [0.3, 0.4) is 0 Å². The smallest absolute Gasteiger partial charge is 0.264 e. The molecule has 0 aliphatic rings. The van der Waals surface area contributed by atoms with Crippen LogP contribution in [0.15, 0.2) is 81.2 Å². The van der Waals surface area contributed by atoms with Crippen LogP contribution in [-0.2, 0) is 14.8 Å². The van der Waals surface area contributed by atoms with Crippen molar-refractivity contribution in [3.05, 3.63) is 88.1 Å². The maximum Gasteiger partial charge on any atom is 0.264 e. The van der Waals surface area contributed by atoms with E-state index in [9.17, 15) is 17.6 Å². The Kier molecular flexibility index (Phi) is 7.83. The minimum atomic E-state index is -4.23. The Balaban J connectivity index is 1.86. The predicted octanol–water partition coefficient (Wildman–Crippen LogP) is 4.25. The number of amides is 1. The Morgan fingerprint density at radius 2 is 1.85 bits per heavy atom. The highest BCUT2D eigenvalue weighted by molar-refractivity contribution is 9.10. The summed E-state index contributed by atoms with van der Waals surface area (Å²) in [5.41, 5.74) is 3.49. The fourth-order valence-electron chi connectivity index (χ4n) is 2.94. The molecule has 7 nitrogen and oxygen atoms in total. The SMILES string of the molecule is COc1ccc(Br)cc1/C=N/NC(=O)CN(c1ccccc1F)S(=O)(=O)c1ccc(C)cc1. The summed E-state index contributed by atoms with van der Waals surface area (Å²) in [4.78, 5) is 12.5. The third-order valence-electron chi connectivity index (χ3n) is 4.60. The van der Waals surface area contributed by atoms with Crippen LogP contribution in [0.5, 0.6) is 5.75 Å². The molecule has 172 valence electrons. The molecule has 0 saturated heterocycles. The van der Waals surface area contributed by atoms with Gasteiger partial charge >= 0.3 is 0 Å². The Labute approximate surface area is 200 Å². The standard InChI is InChI=1S/C23H21BrFN3O4S/c1-16-7-10-19(11-8-16)33(30,31)28(21-6-4-3-5-20(21)25)15-23(29)27-26-14-17-13-18(24)9-12-22(17)32-2/h3-14H,15H2,1-2H3,(H,27,29)/b26-14+. The van der Waals surface area contributed by atoms with Crippen molar-refractivity contribution in [2.45, 2.75) is 11.8 Å². The number of ether oxygens (including phenoxy) is 1. The van der Waals surface area contributed by atoms with Gasteiger partial charge in [-0.2, -0.15) is 5.10 Å². The Morgan fingerprint density at radius 1 is 1.15 bits per heavy atom. The number of benzene rings is 3. The normalized spacial score (nSPS) is 11.4. The molecule has 3 aromatic rings. The first-order valence-electron chi connectivity index (χ1n) is 9.72. The molecule has 10 heteroatoms. The number of halogens is 2. The quantitative estimate of drug-likeness (QED) is 0.346. The molecule has 0 unspecified atom stereocenters. The van der Waals surface area contributed by atoms with Gasteiger partial charge in [0.2, 0.25) is 0 Å². The molecule has 1 amide bonds. The molecule has 0 atom stereocenters. The number of anilines is 1. The fourth-order valence-corrected chi connectivity index (χ4v) is 4.74. The highest BCUT2D eigenvalue weighted by Gasteiger charge is 2.29. The molecule has 0 spiro atoms. The van der Waals surface area contributed by atoms with E-state index >= 15 is 0 Å². The van der Waals surface area contributed by atoms with Crippen molar-refractivity contribution in [3.63, 3.8) is 0 Å². The second kappa shape index (κ2) is 10.6. The van der Waals surface area contributed by atoms with Crippen LogP contribution < -0.4 is 14.5 Å². The van der Waals surface area contributed by atoms with Crippen LogP contribution in [0, 0.1) is 12.7 Å². The first kappa shape index (κ1) is 24.4. The minimum absolute atomic E-state index is 0.0634. The summed E-state index contributed by atoms with van der Waals surface area (Å²) in [6.07, 6.45) is 1.36. The van der Waals surface area contributed by atoms with E-state index in [0.717, 1.165) is 20.4 Å². The number of para-hydroxylation sites is 1. The van der Waals surface area contributed by atoms with E-state index in [4.69, 9.17) is 4.74 Å². The van der Waals surface area contributed by atoms with Gasteiger partial charge in [-0.15, -0.1) is 0 Å². The van der Waals surface area contributed by atoms with E-state index in [0.29, 0.717) is 11.3 Å². The summed E-state index contributed by atoms with van der Waals surface area (Å²) in [5, 5.41) is 3.89. The van der Waals surface area contributed by atoms with Gasteiger partial charge in [0.25, 0.3) is 15.9 Å². The number of hydrogen-bond donors (Lipinski definition) is 1. The molecule has 33 heavy (non-hydrogen) atoms. The van der Waals surface area contributed by atoms with Crippen molar-refractivity contribution in [2.75, 3.05) is 18.0 Å². The van der Waals surface area contributed by atoms with Gasteiger partial charge < -0.3 is 4.74 Å². The zero-order chi connectivity index (χ0) is 24.0. The number of rotatable bonds is 8. The second-order valence-electron chi connectivity index (χ2n) is 6.96. The number of aryl methyl sites for hydroxylation is 1. The van der Waals surface area contributed by atoms with E-state index in [1.54, 1.807) is 30.3 Å². The molecule has 0 radical (unpaired) electrons. The van der Waals surface area contributed by atoms with Crippen LogP contribution in [-0.4, -0.2) is 34.2 Å². The van der Waals surface area contributed by atoms with Crippen molar-refractivity contribution >= 4 is 43.8 Å². The maximum atomic E-state index is 14.5. The molecule has 0 aliphatic carbocycles. The topological polar surface area (TPSA) is 88.1 Å². The summed E-state index contributed by atoms with van der Waals surface area (Å²) >= 11 is 3.35. The number of hydrogen-bond acceptors (Lipinski definition) is 5. The van der Waals surface area contributed by atoms with E-state index in [1.807, 2.05) is 6.92 Å². The summed E-state index contributed by atoms with van der Waals surface area (Å²) in [6.45, 7) is 1.14. The van der Waals surface area contributed by atoms with Crippen LogP contribution in [0.25, 0.3) is 0 Å². The number of carbonyl (C=O) groups excluding carboxylic acids is 1. The molecule has 0 aliphatic heterocycles. The average Bonchev–Trinajstić information content (AvgIpc) is 2.78. The van der Waals surface area contributed by atoms with Crippen molar-refractivity contribution in [3.8, 4) is 5.75 Å². The van der Waals surface area contributed by atoms with E-state index in [2.05, 4.69) is 26.5 Å². The Hall–Kier alpha value is -3.24. The van der Waals surface area contributed by atoms with Gasteiger partial charge in [0, 0.05) is 10.0 Å². The lowest BCUT2D eigenvalue weighted by Crippen LogP contribution is -2.40. The van der Waals surface area contributed by atoms with E-state index in [1.165, 1.54) is 43.7 Å². The van der Waals surface area contributed by atoms with Crippen molar-refractivity contribution in [2.24, 2.45) is 5.10 Å². The molecule has 0 saturated carbocycles. The summed E-state index contributed by atoms with van der Waals surface area (Å²) < 4.78 is 47.8. The van der Waals surface area contributed by atoms with Gasteiger partial charge in [0.05, 0.1) is 23.9 Å². The lowest BCUT2D eigenvalue weighted by molar-refractivity contribution is -0.119. The van der Waals surface area contributed by atoms with Gasteiger partial charge in [0.1, 0.15) is 18.1 Å². The molecule has 1 N–H and O–H groups in total. The van der Waals surface area contributed by atoms with Crippen molar-refractivity contribution in [1.82, 2.24) is 5.43 Å². The Morgan fingerprint density at radius 3 is 2.52 bits per heavy atom. The molecular weight excluding hydrogens is 513 g/mol. The fraction of sp³-hybridized carbons (Fsp3) is 0.130. The van der Waals surface area contributed by atoms with Gasteiger partial charge in [0.15, 0.2) is 0 Å². The largest absolute Gasteiger partial charge is 0.496 e. The number of carbonyl (C=O) groups is 1. The van der Waals surface area contributed by atoms with Crippen LogP contribution >= 0.6 is 15.9 Å².